The maximum absolute atomic E-state index is 12.9. The summed E-state index contributed by atoms with van der Waals surface area (Å²) in [4.78, 5) is 37.0. The van der Waals surface area contributed by atoms with Crippen molar-refractivity contribution < 1.29 is 23.9 Å². The van der Waals surface area contributed by atoms with E-state index in [-0.39, 0.29) is 19.4 Å². The molecule has 2 atom stereocenters. The molecule has 7 nitrogen and oxygen atoms in total. The van der Waals surface area contributed by atoms with Gasteiger partial charge in [-0.15, -0.1) is 0 Å². The monoisotopic (exact) mass is 398 g/mol. The van der Waals surface area contributed by atoms with Gasteiger partial charge in [-0.05, 0) is 18.1 Å². The fraction of sp³-hybridized carbons (Fsp3) is 0.318. The Morgan fingerprint density at radius 2 is 1.34 bits per heavy atom. The first-order valence-corrected chi connectivity index (χ1v) is 9.42. The van der Waals surface area contributed by atoms with Crippen molar-refractivity contribution >= 4 is 18.0 Å². The van der Waals surface area contributed by atoms with Gasteiger partial charge in [0.25, 0.3) is 0 Å². The minimum Gasteiger partial charge on any atom is -0.464 e. The maximum Gasteiger partial charge on any atom is 0.407 e. The fourth-order valence-corrected chi connectivity index (χ4v) is 2.82. The number of hydrogen-bond donors (Lipinski definition) is 2. The van der Waals surface area contributed by atoms with Gasteiger partial charge in [0.2, 0.25) is 5.91 Å². The number of nitrogens with one attached hydrogen (secondary N) is 2. The van der Waals surface area contributed by atoms with Crippen molar-refractivity contribution in [3.8, 4) is 0 Å². The summed E-state index contributed by atoms with van der Waals surface area (Å²) >= 11 is 0. The van der Waals surface area contributed by atoms with E-state index in [1.54, 1.807) is 6.92 Å². The Hall–Kier alpha value is -3.35. The summed E-state index contributed by atoms with van der Waals surface area (Å²) in [6, 6.07) is 16.8. The Morgan fingerprint density at radius 3 is 1.83 bits per heavy atom. The van der Waals surface area contributed by atoms with Crippen LogP contribution in [0.15, 0.2) is 60.7 Å². The van der Waals surface area contributed by atoms with Gasteiger partial charge in [0.05, 0.1) is 13.7 Å². The fourth-order valence-electron chi connectivity index (χ4n) is 2.82. The molecule has 154 valence electrons. The molecule has 29 heavy (non-hydrogen) atoms. The summed E-state index contributed by atoms with van der Waals surface area (Å²) in [6.07, 6.45) is -0.193. The van der Waals surface area contributed by atoms with E-state index in [4.69, 9.17) is 4.74 Å². The van der Waals surface area contributed by atoms with Gasteiger partial charge in [0.1, 0.15) is 12.1 Å². The van der Waals surface area contributed by atoms with Crippen LogP contribution < -0.4 is 10.6 Å². The van der Waals surface area contributed by atoms with Crippen LogP contribution >= 0.6 is 0 Å². The number of alkyl carbamates (subject to hydrolysis) is 1. The molecule has 0 bridgehead atoms. The molecular formula is C22H26N2O5. The van der Waals surface area contributed by atoms with E-state index in [1.165, 1.54) is 7.11 Å². The topological polar surface area (TPSA) is 93.7 Å². The van der Waals surface area contributed by atoms with Gasteiger partial charge >= 0.3 is 12.1 Å². The van der Waals surface area contributed by atoms with Crippen molar-refractivity contribution in [2.75, 3.05) is 13.7 Å². The molecule has 2 aromatic rings. The average molecular weight is 398 g/mol. The van der Waals surface area contributed by atoms with Crippen molar-refractivity contribution in [3.05, 3.63) is 71.8 Å². The van der Waals surface area contributed by atoms with Crippen LogP contribution in [0, 0.1) is 0 Å². The molecule has 7 heteroatoms. The van der Waals surface area contributed by atoms with E-state index in [9.17, 15) is 14.4 Å². The number of hydrogen-bond acceptors (Lipinski definition) is 5. The molecule has 0 unspecified atom stereocenters. The van der Waals surface area contributed by atoms with Gasteiger partial charge < -0.3 is 20.1 Å². The van der Waals surface area contributed by atoms with Crippen LogP contribution in [0.1, 0.15) is 18.1 Å². The Balaban J connectivity index is 2.16. The highest BCUT2D eigenvalue weighted by Crippen LogP contribution is 2.08. The largest absolute Gasteiger partial charge is 0.464 e. The molecule has 2 rings (SSSR count). The first kappa shape index (κ1) is 21.9. The van der Waals surface area contributed by atoms with Crippen LogP contribution in [-0.2, 0) is 31.9 Å². The standard InChI is InChI=1S/C22H26N2O5/c1-3-29-21(26)19(15-17-12-8-5-9-13-17)23-20(25)18(24-22(27)28-2)14-16-10-6-4-7-11-16/h4-13,18-19H,3,14-15H2,1-2H3,(H,23,25)(H,24,27)/t18-,19-/m0/s1. The molecular weight excluding hydrogens is 372 g/mol. The van der Waals surface area contributed by atoms with Gasteiger partial charge in [-0.25, -0.2) is 9.59 Å². The van der Waals surface area contributed by atoms with E-state index >= 15 is 0 Å². The maximum atomic E-state index is 12.9. The van der Waals surface area contributed by atoms with Crippen molar-refractivity contribution in [2.45, 2.75) is 31.8 Å². The van der Waals surface area contributed by atoms with Crippen LogP contribution in [0.5, 0.6) is 0 Å². The van der Waals surface area contributed by atoms with E-state index in [2.05, 4.69) is 15.4 Å². The highest BCUT2D eigenvalue weighted by Gasteiger charge is 2.28. The lowest BCUT2D eigenvalue weighted by atomic mass is 10.0. The molecule has 2 N–H and O–H groups in total. The summed E-state index contributed by atoms with van der Waals surface area (Å²) in [5.74, 6) is -1.02. The molecule has 0 fully saturated rings. The predicted molar refractivity (Wildman–Crippen MR) is 108 cm³/mol. The second-order valence-corrected chi connectivity index (χ2v) is 6.38. The normalized spacial score (nSPS) is 12.3. The van der Waals surface area contributed by atoms with E-state index in [1.807, 2.05) is 60.7 Å². The molecule has 0 saturated carbocycles. The van der Waals surface area contributed by atoms with Gasteiger partial charge in [-0.3, -0.25) is 4.79 Å². The zero-order valence-electron chi connectivity index (χ0n) is 16.6. The van der Waals surface area contributed by atoms with Gasteiger partial charge in [-0.2, -0.15) is 0 Å². The third kappa shape index (κ3) is 7.29. The second kappa shape index (κ2) is 11.5. The molecule has 0 aliphatic heterocycles. The zero-order valence-corrected chi connectivity index (χ0v) is 16.6. The summed E-state index contributed by atoms with van der Waals surface area (Å²) in [6.45, 7) is 1.91. The average Bonchev–Trinajstić information content (AvgIpc) is 2.74. The number of benzene rings is 2. The summed E-state index contributed by atoms with van der Waals surface area (Å²) in [5.41, 5.74) is 1.74. The van der Waals surface area contributed by atoms with Crippen molar-refractivity contribution in [2.24, 2.45) is 0 Å². The van der Waals surface area contributed by atoms with Crippen LogP contribution in [-0.4, -0.2) is 43.8 Å². The number of esters is 1. The smallest absolute Gasteiger partial charge is 0.407 e. The zero-order chi connectivity index (χ0) is 21.1. The van der Waals surface area contributed by atoms with Crippen LogP contribution in [0.25, 0.3) is 0 Å². The first-order chi connectivity index (χ1) is 14.0. The number of amides is 2. The second-order valence-electron chi connectivity index (χ2n) is 6.38. The Morgan fingerprint density at radius 1 is 0.828 bits per heavy atom. The molecule has 0 aromatic heterocycles. The third-order valence-electron chi connectivity index (χ3n) is 4.25. The summed E-state index contributed by atoms with van der Waals surface area (Å²) in [7, 11) is 1.23. The van der Waals surface area contributed by atoms with Crippen LogP contribution in [0.4, 0.5) is 4.79 Å². The van der Waals surface area contributed by atoms with Crippen LogP contribution in [0.3, 0.4) is 0 Å². The molecule has 2 aromatic carbocycles. The number of carbonyl (C=O) groups excluding carboxylic acids is 3. The van der Waals surface area contributed by atoms with Gasteiger partial charge in [-0.1, -0.05) is 60.7 Å². The van der Waals surface area contributed by atoms with E-state index in [0.717, 1.165) is 11.1 Å². The highest BCUT2D eigenvalue weighted by molar-refractivity contribution is 5.90. The number of methoxy groups -OCH3 is 1. The Kier molecular flexibility index (Phi) is 8.69. The van der Waals surface area contributed by atoms with E-state index in [0.29, 0.717) is 0 Å². The molecule has 0 radical (unpaired) electrons. The lowest BCUT2D eigenvalue weighted by molar-refractivity contribution is -0.147. The first-order valence-electron chi connectivity index (χ1n) is 9.42. The molecule has 0 aliphatic carbocycles. The SMILES string of the molecule is CCOC(=O)[C@H](Cc1ccccc1)NC(=O)[C@H](Cc1ccccc1)NC(=O)OC. The predicted octanol–water partition coefficient (Wildman–Crippen LogP) is 2.24. The van der Waals surface area contributed by atoms with Gasteiger partial charge in [0, 0.05) is 12.8 Å². The van der Waals surface area contributed by atoms with E-state index < -0.39 is 30.1 Å². The van der Waals surface area contributed by atoms with Crippen molar-refractivity contribution in [3.63, 3.8) is 0 Å². The minimum absolute atomic E-state index is 0.202. The lowest BCUT2D eigenvalue weighted by Gasteiger charge is -2.22. The molecule has 2 amide bonds. The molecule has 0 saturated heterocycles. The summed E-state index contributed by atoms with van der Waals surface area (Å²) < 4.78 is 9.75. The number of rotatable bonds is 9. The number of ether oxygens (including phenoxy) is 2. The van der Waals surface area contributed by atoms with Crippen LogP contribution in [0.2, 0.25) is 0 Å². The third-order valence-corrected chi connectivity index (χ3v) is 4.25. The highest BCUT2D eigenvalue weighted by atomic mass is 16.5. The lowest BCUT2D eigenvalue weighted by Crippen LogP contribution is -2.53. The minimum atomic E-state index is -0.905. The van der Waals surface area contributed by atoms with Crippen molar-refractivity contribution in [1.82, 2.24) is 10.6 Å². The molecule has 0 aliphatic rings. The number of carbonyl (C=O) groups is 3. The molecule has 0 spiro atoms. The van der Waals surface area contributed by atoms with Crippen molar-refractivity contribution in [1.29, 1.82) is 0 Å². The Labute approximate surface area is 170 Å². The summed E-state index contributed by atoms with van der Waals surface area (Å²) in [5, 5.41) is 5.25. The quantitative estimate of drug-likeness (QED) is 0.632. The Bertz CT molecular complexity index is 795. The molecule has 0 heterocycles. The van der Waals surface area contributed by atoms with Gasteiger partial charge in [0.15, 0.2) is 0 Å².